The lowest BCUT2D eigenvalue weighted by atomic mass is 10.1. The van der Waals surface area contributed by atoms with Gasteiger partial charge in [0, 0.05) is 17.9 Å². The number of anilines is 1. The summed E-state index contributed by atoms with van der Waals surface area (Å²) in [4.78, 5) is 4.80. The molecule has 4 rings (SSSR count). The van der Waals surface area contributed by atoms with Crippen molar-refractivity contribution in [1.82, 2.24) is 10.1 Å². The van der Waals surface area contributed by atoms with Crippen LogP contribution in [-0.4, -0.2) is 47.1 Å². The fourth-order valence-electron chi connectivity index (χ4n) is 2.79. The Hall–Kier alpha value is -3.14. The highest BCUT2D eigenvalue weighted by Gasteiger charge is 2.20. The number of aliphatic hydroxyl groups is 1. The van der Waals surface area contributed by atoms with E-state index in [1.165, 1.54) is 6.92 Å². The molecule has 8 nitrogen and oxygen atoms in total. The van der Waals surface area contributed by atoms with Crippen LogP contribution in [0.2, 0.25) is 0 Å². The Morgan fingerprint density at radius 2 is 1.73 bits per heavy atom. The van der Waals surface area contributed by atoms with E-state index in [9.17, 15) is 13.0 Å². The van der Waals surface area contributed by atoms with Gasteiger partial charge < -0.3 is 15.0 Å². The maximum absolute atomic E-state index is 9.44. The van der Waals surface area contributed by atoms with Gasteiger partial charge in [-0.2, -0.15) is 0 Å². The van der Waals surface area contributed by atoms with Gasteiger partial charge in [0.15, 0.2) is 5.69 Å². The van der Waals surface area contributed by atoms with Crippen molar-refractivity contribution in [2.45, 2.75) is 6.92 Å². The Kier molecular flexibility index (Phi) is 6.88. The molecule has 4 aromatic rings. The highest BCUT2D eigenvalue weighted by molar-refractivity contribution is 7.85. The van der Waals surface area contributed by atoms with Gasteiger partial charge in [0.05, 0.1) is 22.1 Å². The van der Waals surface area contributed by atoms with E-state index < -0.39 is 10.1 Å². The molecule has 0 radical (unpaired) electrons. The van der Waals surface area contributed by atoms with Gasteiger partial charge in [0.2, 0.25) is 0 Å². The van der Waals surface area contributed by atoms with E-state index in [0.717, 1.165) is 27.7 Å². The summed E-state index contributed by atoms with van der Waals surface area (Å²) in [5.74, 6) is 0.360. The Balaban J connectivity index is 0.000000377. The maximum atomic E-state index is 9.44. The SMILES string of the molecule is CCS(=O)(=O)[O-].OCCNc1nc2c3ccccc3cc[n+]2nc1-c1ccccc1. The molecule has 2 aromatic heterocycles. The standard InChI is InChI=1S/C19H16N4O.C2H6O3S/c24-13-11-20-18-17(15-7-2-1-3-8-15)22-23-12-10-14-6-4-5-9-16(14)19(23)21-18;1-2-6(3,4)5/h1-10,12,24H,11,13H2;2H2,1H3,(H,3,4,5). The summed E-state index contributed by atoms with van der Waals surface area (Å²) in [6.07, 6.45) is 1.92. The summed E-state index contributed by atoms with van der Waals surface area (Å²) in [6, 6.07) is 20.1. The van der Waals surface area contributed by atoms with Crippen LogP contribution in [0.3, 0.4) is 0 Å². The smallest absolute Gasteiger partial charge is 0.358 e. The minimum Gasteiger partial charge on any atom is -0.748 e. The number of fused-ring (bicyclic) bond motifs is 3. The largest absolute Gasteiger partial charge is 0.748 e. The number of rotatable bonds is 5. The normalized spacial score (nSPS) is 11.2. The van der Waals surface area contributed by atoms with Gasteiger partial charge in [-0.25, -0.2) is 8.42 Å². The first-order chi connectivity index (χ1) is 14.4. The second kappa shape index (κ2) is 9.57. The first-order valence-electron chi connectivity index (χ1n) is 9.38. The molecule has 2 heterocycles. The highest BCUT2D eigenvalue weighted by Crippen LogP contribution is 2.24. The summed E-state index contributed by atoms with van der Waals surface area (Å²) in [5, 5.41) is 19.3. The van der Waals surface area contributed by atoms with Crippen molar-refractivity contribution >= 4 is 32.4 Å². The molecule has 156 valence electrons. The van der Waals surface area contributed by atoms with Crippen LogP contribution in [0.5, 0.6) is 0 Å². The molecule has 0 atom stereocenters. The fraction of sp³-hybridized carbons (Fsp3) is 0.190. The molecular formula is C21H22N4O4S. The van der Waals surface area contributed by atoms with Gasteiger partial charge >= 0.3 is 5.65 Å². The quantitative estimate of drug-likeness (QED) is 0.284. The van der Waals surface area contributed by atoms with Crippen molar-refractivity contribution in [1.29, 1.82) is 0 Å². The lowest BCUT2D eigenvalue weighted by Gasteiger charge is -2.06. The van der Waals surface area contributed by atoms with Crippen molar-refractivity contribution in [3.05, 3.63) is 66.9 Å². The van der Waals surface area contributed by atoms with E-state index in [1.54, 1.807) is 4.52 Å². The number of hydrogen-bond donors (Lipinski definition) is 2. The Labute approximate surface area is 174 Å². The molecule has 0 fully saturated rings. The predicted molar refractivity (Wildman–Crippen MR) is 114 cm³/mol. The molecule has 0 saturated heterocycles. The van der Waals surface area contributed by atoms with Crippen LogP contribution in [-0.2, 0) is 10.1 Å². The van der Waals surface area contributed by atoms with Gasteiger partial charge in [-0.15, -0.1) is 4.52 Å². The van der Waals surface area contributed by atoms with E-state index in [2.05, 4.69) is 11.4 Å². The second-order valence-electron chi connectivity index (χ2n) is 6.34. The number of pyridine rings is 1. The molecule has 0 amide bonds. The number of hydrogen-bond acceptors (Lipinski definition) is 7. The Bertz CT molecular complexity index is 1250. The first kappa shape index (κ1) is 21.6. The Morgan fingerprint density at radius 1 is 1.07 bits per heavy atom. The monoisotopic (exact) mass is 426 g/mol. The van der Waals surface area contributed by atoms with Crippen molar-refractivity contribution < 1.29 is 22.6 Å². The molecular weight excluding hydrogens is 404 g/mol. The van der Waals surface area contributed by atoms with Gasteiger partial charge in [-0.05, 0) is 22.5 Å². The van der Waals surface area contributed by atoms with Crippen LogP contribution < -0.4 is 9.83 Å². The molecule has 0 aliphatic rings. The van der Waals surface area contributed by atoms with Crippen molar-refractivity contribution in [3.63, 3.8) is 0 Å². The maximum Gasteiger partial charge on any atom is 0.358 e. The van der Waals surface area contributed by atoms with Gasteiger partial charge in [0.1, 0.15) is 6.20 Å². The molecule has 0 aliphatic carbocycles. The van der Waals surface area contributed by atoms with Crippen molar-refractivity contribution in [2.75, 3.05) is 24.2 Å². The average molecular weight is 426 g/mol. The van der Waals surface area contributed by atoms with E-state index in [-0.39, 0.29) is 12.4 Å². The van der Waals surface area contributed by atoms with Crippen LogP contribution in [0.4, 0.5) is 5.82 Å². The average Bonchev–Trinajstić information content (AvgIpc) is 2.77. The number of benzene rings is 2. The van der Waals surface area contributed by atoms with Crippen LogP contribution in [0.15, 0.2) is 66.9 Å². The second-order valence-corrected chi connectivity index (χ2v) is 8.04. The number of nitrogens with zero attached hydrogens (tertiary/aromatic N) is 3. The summed E-state index contributed by atoms with van der Waals surface area (Å²) in [7, 11) is -3.91. The molecule has 9 heteroatoms. The van der Waals surface area contributed by atoms with E-state index >= 15 is 0 Å². The zero-order valence-corrected chi connectivity index (χ0v) is 17.2. The van der Waals surface area contributed by atoms with Crippen molar-refractivity contribution in [2.24, 2.45) is 0 Å². The van der Waals surface area contributed by atoms with E-state index in [0.29, 0.717) is 12.4 Å². The first-order valence-corrected chi connectivity index (χ1v) is 11.0. The lowest BCUT2D eigenvalue weighted by Crippen LogP contribution is -2.29. The number of aliphatic hydroxyl groups excluding tert-OH is 1. The zero-order chi connectivity index (χ0) is 21.6. The minimum atomic E-state index is -3.91. The molecule has 0 spiro atoms. The molecule has 0 saturated carbocycles. The van der Waals surface area contributed by atoms with Crippen LogP contribution in [0.1, 0.15) is 6.92 Å². The molecule has 0 bridgehead atoms. The fourth-order valence-corrected chi connectivity index (χ4v) is 2.79. The van der Waals surface area contributed by atoms with Gasteiger partial charge in [0.25, 0.3) is 5.82 Å². The minimum absolute atomic E-state index is 0.0383. The van der Waals surface area contributed by atoms with Gasteiger partial charge in [-0.3, -0.25) is 0 Å². The zero-order valence-electron chi connectivity index (χ0n) is 16.4. The molecule has 0 aliphatic heterocycles. The molecule has 30 heavy (non-hydrogen) atoms. The topological polar surface area (TPSA) is 119 Å². The Morgan fingerprint density at radius 3 is 2.40 bits per heavy atom. The molecule has 2 aromatic carbocycles. The summed E-state index contributed by atoms with van der Waals surface area (Å²) in [5.41, 5.74) is 2.53. The third-order valence-electron chi connectivity index (χ3n) is 4.27. The van der Waals surface area contributed by atoms with Crippen LogP contribution in [0.25, 0.3) is 27.7 Å². The molecule has 0 unspecified atom stereocenters. The lowest BCUT2D eigenvalue weighted by molar-refractivity contribution is -0.580. The molecule has 2 N–H and O–H groups in total. The number of nitrogens with one attached hydrogen (secondary N) is 1. The number of aromatic nitrogens is 3. The van der Waals surface area contributed by atoms with Crippen LogP contribution >= 0.6 is 0 Å². The van der Waals surface area contributed by atoms with E-state index in [4.69, 9.17) is 15.2 Å². The third kappa shape index (κ3) is 5.26. The summed E-state index contributed by atoms with van der Waals surface area (Å²) < 4.78 is 30.1. The summed E-state index contributed by atoms with van der Waals surface area (Å²) >= 11 is 0. The predicted octanol–water partition coefficient (Wildman–Crippen LogP) is 1.99. The van der Waals surface area contributed by atoms with Gasteiger partial charge in [-0.1, -0.05) is 60.6 Å². The summed E-state index contributed by atoms with van der Waals surface area (Å²) in [6.45, 7) is 1.77. The van der Waals surface area contributed by atoms with E-state index in [1.807, 2.05) is 60.8 Å². The third-order valence-corrected chi connectivity index (χ3v) is 4.98. The van der Waals surface area contributed by atoms with Crippen molar-refractivity contribution in [3.8, 4) is 11.3 Å². The highest BCUT2D eigenvalue weighted by atomic mass is 32.2. The van der Waals surface area contributed by atoms with Crippen LogP contribution in [0, 0.1) is 0 Å².